The number of carboxylic acid groups (broad SMARTS) is 1. The first-order valence-corrected chi connectivity index (χ1v) is 8.14. The van der Waals surface area contributed by atoms with Crippen molar-refractivity contribution in [2.45, 2.75) is 11.8 Å². The zero-order chi connectivity index (χ0) is 17.9. The van der Waals surface area contributed by atoms with Gasteiger partial charge in [-0.05, 0) is 36.4 Å². The third kappa shape index (κ3) is 4.02. The molecule has 0 aromatic heterocycles. The average Bonchev–Trinajstić information content (AvgIpc) is 2.46. The van der Waals surface area contributed by atoms with Gasteiger partial charge in [-0.25, -0.2) is 13.2 Å². The fourth-order valence-electron chi connectivity index (χ4n) is 1.91. The molecule has 2 aromatic carbocycles. The van der Waals surface area contributed by atoms with Crippen molar-refractivity contribution < 1.29 is 28.2 Å². The van der Waals surface area contributed by atoms with Crippen LogP contribution >= 0.6 is 0 Å². The Labute approximate surface area is 137 Å². The van der Waals surface area contributed by atoms with Crippen LogP contribution in [0.1, 0.15) is 17.3 Å². The Morgan fingerprint density at radius 3 is 2.08 bits per heavy atom. The first-order chi connectivity index (χ1) is 11.2. The second kappa shape index (κ2) is 6.59. The van der Waals surface area contributed by atoms with Crippen LogP contribution in [0.2, 0.25) is 0 Å². The lowest BCUT2D eigenvalue weighted by Gasteiger charge is -2.10. The summed E-state index contributed by atoms with van der Waals surface area (Å²) in [6, 6.07) is 8.80. The van der Waals surface area contributed by atoms with Crippen LogP contribution in [0.5, 0.6) is 5.75 Å². The van der Waals surface area contributed by atoms with E-state index >= 15 is 0 Å². The molecule has 0 aliphatic carbocycles. The van der Waals surface area contributed by atoms with Crippen molar-refractivity contribution in [1.82, 2.24) is 0 Å². The van der Waals surface area contributed by atoms with Gasteiger partial charge in [0.1, 0.15) is 11.3 Å². The summed E-state index contributed by atoms with van der Waals surface area (Å²) in [6.07, 6.45) is 0. The Bertz CT molecular complexity index is 891. The molecule has 0 spiro atoms. The van der Waals surface area contributed by atoms with Crippen LogP contribution in [-0.2, 0) is 14.8 Å². The second-order valence-electron chi connectivity index (χ2n) is 4.85. The molecule has 0 bridgehead atoms. The van der Waals surface area contributed by atoms with E-state index in [2.05, 4.69) is 10.0 Å². The Hall–Kier alpha value is -3.07. The number of carbonyl (C=O) groups excluding carboxylic acids is 1. The fourth-order valence-corrected chi connectivity index (χ4v) is 2.96. The summed E-state index contributed by atoms with van der Waals surface area (Å²) in [6.45, 7) is 1.33. The highest BCUT2D eigenvalue weighted by Gasteiger charge is 2.16. The monoisotopic (exact) mass is 350 g/mol. The largest absolute Gasteiger partial charge is 0.507 e. The number of aromatic hydroxyl groups is 1. The summed E-state index contributed by atoms with van der Waals surface area (Å²) in [5, 5.41) is 20.9. The molecule has 2 rings (SSSR count). The number of carbonyl (C=O) groups is 2. The van der Waals surface area contributed by atoms with Crippen molar-refractivity contribution in [2.75, 3.05) is 10.0 Å². The summed E-state index contributed by atoms with van der Waals surface area (Å²) in [5.41, 5.74) is 0.131. The van der Waals surface area contributed by atoms with E-state index in [-0.39, 0.29) is 22.1 Å². The normalized spacial score (nSPS) is 10.9. The van der Waals surface area contributed by atoms with E-state index < -0.39 is 21.7 Å². The van der Waals surface area contributed by atoms with Crippen LogP contribution in [0.25, 0.3) is 0 Å². The molecular formula is C15H14N2O6S. The number of anilines is 2. The third-order valence-corrected chi connectivity index (χ3v) is 4.36. The fraction of sp³-hybridized carbons (Fsp3) is 0.0667. The number of benzene rings is 2. The maximum atomic E-state index is 12.3. The van der Waals surface area contributed by atoms with E-state index in [4.69, 9.17) is 5.11 Å². The minimum Gasteiger partial charge on any atom is -0.507 e. The molecule has 1 amide bonds. The van der Waals surface area contributed by atoms with E-state index in [1.807, 2.05) is 0 Å². The smallest absolute Gasteiger partial charge is 0.339 e. The first kappa shape index (κ1) is 17.3. The van der Waals surface area contributed by atoms with Gasteiger partial charge in [0.25, 0.3) is 10.0 Å². The highest BCUT2D eigenvalue weighted by molar-refractivity contribution is 7.92. The van der Waals surface area contributed by atoms with E-state index in [9.17, 15) is 23.1 Å². The van der Waals surface area contributed by atoms with Crippen molar-refractivity contribution >= 4 is 33.3 Å². The van der Waals surface area contributed by atoms with Gasteiger partial charge in [0.2, 0.25) is 5.91 Å². The van der Waals surface area contributed by atoms with E-state index in [1.165, 1.54) is 37.3 Å². The van der Waals surface area contributed by atoms with Crippen molar-refractivity contribution in [3.05, 3.63) is 48.0 Å². The minimum atomic E-state index is -3.93. The number of amides is 1. The third-order valence-electron chi connectivity index (χ3n) is 2.97. The highest BCUT2D eigenvalue weighted by atomic mass is 32.2. The SMILES string of the molecule is CC(=O)Nc1ccc(S(=O)(=O)Nc2ccc(C(=O)O)c(O)c2)cc1. The molecule has 0 fully saturated rings. The molecule has 24 heavy (non-hydrogen) atoms. The van der Waals surface area contributed by atoms with Gasteiger partial charge in [-0.15, -0.1) is 0 Å². The van der Waals surface area contributed by atoms with Gasteiger partial charge in [-0.3, -0.25) is 9.52 Å². The minimum absolute atomic E-state index is 0.0171. The molecule has 0 atom stereocenters. The summed E-state index contributed by atoms with van der Waals surface area (Å²) >= 11 is 0. The molecule has 0 saturated heterocycles. The number of nitrogens with one attached hydrogen (secondary N) is 2. The lowest BCUT2D eigenvalue weighted by Crippen LogP contribution is -2.13. The van der Waals surface area contributed by atoms with Crippen LogP contribution in [0.15, 0.2) is 47.4 Å². The van der Waals surface area contributed by atoms with Gasteiger partial charge in [0, 0.05) is 18.7 Å². The van der Waals surface area contributed by atoms with Gasteiger partial charge >= 0.3 is 5.97 Å². The van der Waals surface area contributed by atoms with Crippen LogP contribution in [-0.4, -0.2) is 30.5 Å². The molecule has 0 unspecified atom stereocenters. The number of hydrogen-bond acceptors (Lipinski definition) is 5. The van der Waals surface area contributed by atoms with Gasteiger partial charge in [0.15, 0.2) is 0 Å². The van der Waals surface area contributed by atoms with E-state index in [0.29, 0.717) is 5.69 Å². The van der Waals surface area contributed by atoms with Crippen molar-refractivity contribution in [3.8, 4) is 5.75 Å². The zero-order valence-electron chi connectivity index (χ0n) is 12.5. The maximum absolute atomic E-state index is 12.3. The quantitative estimate of drug-likeness (QED) is 0.650. The predicted octanol–water partition coefficient (Wildman–Crippen LogP) is 1.85. The molecule has 0 heterocycles. The van der Waals surface area contributed by atoms with Crippen molar-refractivity contribution in [3.63, 3.8) is 0 Å². The topological polar surface area (TPSA) is 133 Å². The van der Waals surface area contributed by atoms with Crippen molar-refractivity contribution in [2.24, 2.45) is 0 Å². The number of carboxylic acids is 1. The highest BCUT2D eigenvalue weighted by Crippen LogP contribution is 2.24. The number of rotatable bonds is 5. The molecule has 0 saturated carbocycles. The maximum Gasteiger partial charge on any atom is 0.339 e. The van der Waals surface area contributed by atoms with Gasteiger partial charge in [0.05, 0.1) is 10.6 Å². The van der Waals surface area contributed by atoms with Crippen LogP contribution in [0.4, 0.5) is 11.4 Å². The molecule has 0 aliphatic heterocycles. The molecule has 0 aliphatic rings. The molecule has 8 nitrogen and oxygen atoms in total. The first-order valence-electron chi connectivity index (χ1n) is 6.66. The molecule has 4 N–H and O–H groups in total. The Morgan fingerprint density at radius 2 is 1.58 bits per heavy atom. The summed E-state index contributed by atoms with van der Waals surface area (Å²) in [7, 11) is -3.93. The number of phenols is 1. The average molecular weight is 350 g/mol. The summed E-state index contributed by atoms with van der Waals surface area (Å²) in [4.78, 5) is 21.7. The molecule has 2 aromatic rings. The second-order valence-corrected chi connectivity index (χ2v) is 6.53. The van der Waals surface area contributed by atoms with Gasteiger partial charge in [-0.1, -0.05) is 0 Å². The molecule has 0 radical (unpaired) electrons. The van der Waals surface area contributed by atoms with Crippen LogP contribution in [0.3, 0.4) is 0 Å². The zero-order valence-corrected chi connectivity index (χ0v) is 13.3. The molecule has 126 valence electrons. The summed E-state index contributed by atoms with van der Waals surface area (Å²) < 4.78 is 26.8. The lowest BCUT2D eigenvalue weighted by molar-refractivity contribution is -0.114. The standard InChI is InChI=1S/C15H14N2O6S/c1-9(18)16-10-2-5-12(6-3-10)24(22,23)17-11-4-7-13(15(20)21)14(19)8-11/h2-8,17,19H,1H3,(H,16,18)(H,20,21). The van der Waals surface area contributed by atoms with Crippen LogP contribution in [0, 0.1) is 0 Å². The van der Waals surface area contributed by atoms with Crippen molar-refractivity contribution in [1.29, 1.82) is 0 Å². The van der Waals surface area contributed by atoms with Gasteiger partial charge in [-0.2, -0.15) is 0 Å². The molecular weight excluding hydrogens is 336 g/mol. The number of hydrogen-bond donors (Lipinski definition) is 4. The Kier molecular flexibility index (Phi) is 4.74. The number of aromatic carboxylic acids is 1. The lowest BCUT2D eigenvalue weighted by atomic mass is 10.2. The predicted molar refractivity (Wildman–Crippen MR) is 86.6 cm³/mol. The summed E-state index contributed by atoms with van der Waals surface area (Å²) in [5.74, 6) is -2.16. The van der Waals surface area contributed by atoms with Gasteiger partial charge < -0.3 is 15.5 Å². The van der Waals surface area contributed by atoms with E-state index in [0.717, 1.165) is 12.1 Å². The van der Waals surface area contributed by atoms with Crippen LogP contribution < -0.4 is 10.0 Å². The van der Waals surface area contributed by atoms with E-state index in [1.54, 1.807) is 0 Å². The number of sulfonamides is 1. The Morgan fingerprint density at radius 1 is 1.00 bits per heavy atom. The Balaban J connectivity index is 2.23. The molecule has 9 heteroatoms.